The summed E-state index contributed by atoms with van der Waals surface area (Å²) in [4.78, 5) is 13.7. The van der Waals surface area contributed by atoms with Gasteiger partial charge >= 0.3 is 0 Å². The topological polar surface area (TPSA) is 50.8 Å². The van der Waals surface area contributed by atoms with Crippen LogP contribution < -0.4 is 14.8 Å². The van der Waals surface area contributed by atoms with E-state index in [9.17, 15) is 4.79 Å². The normalized spacial score (nSPS) is 11.0. The first kappa shape index (κ1) is 22.6. The highest BCUT2D eigenvalue weighted by atomic mass is 16.5. The molecule has 5 heteroatoms. The van der Waals surface area contributed by atoms with Crippen molar-refractivity contribution in [2.45, 2.75) is 26.2 Å². The number of likely N-dealkylation sites (N-methyl/N-ethyl adjacent to an activating group) is 1. The van der Waals surface area contributed by atoms with Crippen molar-refractivity contribution >= 4 is 22.4 Å². The summed E-state index contributed by atoms with van der Waals surface area (Å²) in [5.74, 6) is 1.49. The number of amides is 1. The number of carbonyl (C=O) groups is 1. The van der Waals surface area contributed by atoms with Crippen LogP contribution >= 0.6 is 0 Å². The Morgan fingerprint density at radius 3 is 2.48 bits per heavy atom. The number of aryl methyl sites for hydroxylation is 1. The second-order valence-corrected chi connectivity index (χ2v) is 7.88. The quantitative estimate of drug-likeness (QED) is 0.506. The molecule has 0 fully saturated rings. The van der Waals surface area contributed by atoms with Crippen molar-refractivity contribution in [1.82, 2.24) is 4.90 Å². The van der Waals surface area contributed by atoms with Gasteiger partial charge in [0.25, 0.3) is 0 Å². The standard InChI is InChI=1S/C26H32N2O3/c1-19(29)27-23-11-12-24-21(7-5-8-22(24)18-23)9-6-15-28(2)16-14-20-10-13-25(30-3)26(17-20)31-4/h5,7-8,10-13,17-18H,6,9,14-16H2,1-4H3,(H,27,29). The molecule has 5 nitrogen and oxygen atoms in total. The Labute approximate surface area is 185 Å². The van der Waals surface area contributed by atoms with E-state index in [1.807, 2.05) is 18.2 Å². The third kappa shape index (κ3) is 6.22. The van der Waals surface area contributed by atoms with E-state index >= 15 is 0 Å². The molecule has 0 radical (unpaired) electrons. The van der Waals surface area contributed by atoms with Gasteiger partial charge in [0.15, 0.2) is 11.5 Å². The number of methoxy groups -OCH3 is 2. The predicted molar refractivity (Wildman–Crippen MR) is 127 cm³/mol. The molecular formula is C26H32N2O3. The number of hydrogen-bond donors (Lipinski definition) is 1. The molecule has 1 N–H and O–H groups in total. The van der Waals surface area contributed by atoms with Gasteiger partial charge in [-0.05, 0) is 79.0 Å². The SMILES string of the molecule is COc1ccc(CCN(C)CCCc2cccc3cc(NC(C)=O)ccc23)cc1OC. The number of benzene rings is 3. The van der Waals surface area contributed by atoms with Crippen LogP contribution in [0.1, 0.15) is 24.5 Å². The van der Waals surface area contributed by atoms with Gasteiger partial charge in [0.2, 0.25) is 5.91 Å². The average molecular weight is 421 g/mol. The fourth-order valence-corrected chi connectivity index (χ4v) is 3.86. The van der Waals surface area contributed by atoms with Crippen molar-refractivity contribution in [1.29, 1.82) is 0 Å². The van der Waals surface area contributed by atoms with Crippen molar-refractivity contribution < 1.29 is 14.3 Å². The Kier molecular flexibility index (Phi) is 7.90. The lowest BCUT2D eigenvalue weighted by atomic mass is 10.00. The molecule has 164 valence electrons. The maximum Gasteiger partial charge on any atom is 0.221 e. The number of anilines is 1. The molecule has 0 aliphatic carbocycles. The third-order valence-electron chi connectivity index (χ3n) is 5.51. The number of nitrogens with zero attached hydrogens (tertiary/aromatic N) is 1. The van der Waals surface area contributed by atoms with Crippen molar-refractivity contribution in [3.63, 3.8) is 0 Å². The van der Waals surface area contributed by atoms with Crippen molar-refractivity contribution in [3.8, 4) is 11.5 Å². The van der Waals surface area contributed by atoms with Gasteiger partial charge in [-0.1, -0.05) is 30.3 Å². The highest BCUT2D eigenvalue weighted by Crippen LogP contribution is 2.28. The van der Waals surface area contributed by atoms with Crippen molar-refractivity contribution in [2.75, 3.05) is 39.7 Å². The molecule has 0 heterocycles. The fraction of sp³-hybridized carbons (Fsp3) is 0.346. The van der Waals surface area contributed by atoms with Crippen LogP contribution in [0.4, 0.5) is 5.69 Å². The molecule has 0 bridgehead atoms. The minimum atomic E-state index is -0.0494. The molecule has 3 aromatic carbocycles. The molecule has 0 saturated carbocycles. The van der Waals surface area contributed by atoms with Crippen LogP contribution in [0.25, 0.3) is 10.8 Å². The average Bonchev–Trinajstić information content (AvgIpc) is 2.77. The number of hydrogen-bond acceptors (Lipinski definition) is 4. The van der Waals surface area contributed by atoms with Gasteiger partial charge in [0.1, 0.15) is 0 Å². The Balaban J connectivity index is 1.53. The molecule has 3 aromatic rings. The number of ether oxygens (including phenoxy) is 2. The van der Waals surface area contributed by atoms with Gasteiger partial charge in [-0.25, -0.2) is 0 Å². The van der Waals surface area contributed by atoms with E-state index in [4.69, 9.17) is 9.47 Å². The van der Waals surface area contributed by atoms with Crippen molar-refractivity contribution in [2.24, 2.45) is 0 Å². The molecule has 0 saturated heterocycles. The number of fused-ring (bicyclic) bond motifs is 1. The predicted octanol–water partition coefficient (Wildman–Crippen LogP) is 4.92. The van der Waals surface area contributed by atoms with Gasteiger partial charge in [-0.15, -0.1) is 0 Å². The van der Waals surface area contributed by atoms with E-state index in [1.54, 1.807) is 14.2 Å². The van der Waals surface area contributed by atoms with Gasteiger partial charge in [0.05, 0.1) is 14.2 Å². The molecule has 1 amide bonds. The highest BCUT2D eigenvalue weighted by molar-refractivity contribution is 5.94. The van der Waals surface area contributed by atoms with Crippen LogP contribution in [-0.2, 0) is 17.6 Å². The number of rotatable bonds is 10. The lowest BCUT2D eigenvalue weighted by Gasteiger charge is -2.17. The summed E-state index contributed by atoms with van der Waals surface area (Å²) in [5, 5.41) is 5.27. The molecule has 31 heavy (non-hydrogen) atoms. The molecule has 0 atom stereocenters. The smallest absolute Gasteiger partial charge is 0.221 e. The minimum Gasteiger partial charge on any atom is -0.493 e. The monoisotopic (exact) mass is 420 g/mol. The zero-order valence-electron chi connectivity index (χ0n) is 18.9. The summed E-state index contributed by atoms with van der Waals surface area (Å²) >= 11 is 0. The summed E-state index contributed by atoms with van der Waals surface area (Å²) in [6, 6.07) is 18.6. The second kappa shape index (κ2) is 10.8. The number of carbonyl (C=O) groups excluding carboxylic acids is 1. The van der Waals surface area contributed by atoms with Gasteiger partial charge in [0, 0.05) is 19.2 Å². The van der Waals surface area contributed by atoms with Crippen LogP contribution in [-0.4, -0.2) is 45.2 Å². The lowest BCUT2D eigenvalue weighted by molar-refractivity contribution is -0.114. The van der Waals surface area contributed by atoms with E-state index in [0.29, 0.717) is 0 Å². The zero-order valence-corrected chi connectivity index (χ0v) is 18.9. The van der Waals surface area contributed by atoms with Gasteiger partial charge in [-0.2, -0.15) is 0 Å². The Morgan fingerprint density at radius 2 is 1.74 bits per heavy atom. The number of nitrogens with one attached hydrogen (secondary N) is 1. The van der Waals surface area contributed by atoms with Crippen molar-refractivity contribution in [3.05, 3.63) is 65.7 Å². The molecular weight excluding hydrogens is 388 g/mol. The van der Waals surface area contributed by atoms with Crippen LogP contribution in [0.15, 0.2) is 54.6 Å². The van der Waals surface area contributed by atoms with E-state index in [-0.39, 0.29) is 5.91 Å². The largest absolute Gasteiger partial charge is 0.493 e. The van der Waals surface area contributed by atoms with E-state index < -0.39 is 0 Å². The maximum absolute atomic E-state index is 11.3. The molecule has 0 unspecified atom stereocenters. The molecule has 0 aliphatic heterocycles. The summed E-state index contributed by atoms with van der Waals surface area (Å²) in [6.07, 6.45) is 3.09. The first-order chi connectivity index (χ1) is 15.0. The lowest BCUT2D eigenvalue weighted by Crippen LogP contribution is -2.22. The molecule has 0 spiro atoms. The van der Waals surface area contributed by atoms with Gasteiger partial charge < -0.3 is 19.7 Å². The Hall–Kier alpha value is -3.05. The Morgan fingerprint density at radius 1 is 0.935 bits per heavy atom. The zero-order chi connectivity index (χ0) is 22.2. The molecule has 0 aromatic heterocycles. The van der Waals surface area contributed by atoms with Crippen LogP contribution in [0, 0.1) is 0 Å². The first-order valence-corrected chi connectivity index (χ1v) is 10.7. The fourth-order valence-electron chi connectivity index (χ4n) is 3.86. The summed E-state index contributed by atoms with van der Waals surface area (Å²) in [5.41, 5.74) is 3.43. The van der Waals surface area contributed by atoms with E-state index in [0.717, 1.165) is 54.9 Å². The summed E-state index contributed by atoms with van der Waals surface area (Å²) in [7, 11) is 5.49. The minimum absolute atomic E-state index is 0.0494. The van der Waals surface area contributed by atoms with E-state index in [2.05, 4.69) is 53.7 Å². The van der Waals surface area contributed by atoms with Crippen LogP contribution in [0.2, 0.25) is 0 Å². The molecule has 0 aliphatic rings. The summed E-state index contributed by atoms with van der Waals surface area (Å²) in [6.45, 7) is 3.56. The van der Waals surface area contributed by atoms with Gasteiger partial charge in [-0.3, -0.25) is 4.79 Å². The van der Waals surface area contributed by atoms with Crippen LogP contribution in [0.3, 0.4) is 0 Å². The van der Waals surface area contributed by atoms with E-state index in [1.165, 1.54) is 23.4 Å². The third-order valence-corrected chi connectivity index (χ3v) is 5.51. The second-order valence-electron chi connectivity index (χ2n) is 7.88. The highest BCUT2D eigenvalue weighted by Gasteiger charge is 2.07. The molecule has 3 rings (SSSR count). The Bertz CT molecular complexity index is 1030. The maximum atomic E-state index is 11.3. The first-order valence-electron chi connectivity index (χ1n) is 10.7. The van der Waals surface area contributed by atoms with Crippen LogP contribution in [0.5, 0.6) is 11.5 Å². The summed E-state index contributed by atoms with van der Waals surface area (Å²) < 4.78 is 10.7.